The first-order chi connectivity index (χ1) is 35.8. The van der Waals surface area contributed by atoms with Crippen molar-refractivity contribution in [1.29, 1.82) is 0 Å². The van der Waals surface area contributed by atoms with E-state index >= 15 is 0 Å². The fraction of sp³-hybridized carbons (Fsp3) is 0.556. The summed E-state index contributed by atoms with van der Waals surface area (Å²) in [6.07, 6.45) is 82.9. The Morgan fingerprint density at radius 1 is 0.411 bits per heavy atom. The second-order valence-electron chi connectivity index (χ2n) is 17.7. The molecular formula is C63H100NO8P. The average Bonchev–Trinajstić information content (AvgIpc) is 3.38. The van der Waals surface area contributed by atoms with Gasteiger partial charge in [0.2, 0.25) is 0 Å². The van der Waals surface area contributed by atoms with E-state index in [1.807, 2.05) is 0 Å². The molecule has 2 atom stereocenters. The number of nitrogens with two attached hydrogens (primary N) is 1. The molecular weight excluding hydrogens is 930 g/mol. The number of hydrogen-bond acceptors (Lipinski definition) is 8. The standard InChI is InChI=1S/C63H100NO8P/c1-3-5-7-9-11-13-15-17-19-21-23-24-25-26-27-28-29-30-31-32-33-34-35-36-38-40-42-44-46-48-50-52-54-56-63(66)72-61(60-71-73(67,68)70-58-57-64)59-69-62(65)55-53-51-49-47-45-43-41-39-37-22-20-18-16-14-12-10-8-6-4-2/h5-8,11-14,17-20,23-24,26-27,29-30,32-33,35-37,39,43,45,61H,3-4,9-10,15-16,21-22,25,28,31,34,38,40-42,44,46-60,64H2,1-2H3,(H,67,68)/b7-5-,8-6-,13-11-,14-12-,19-17-,20-18-,24-23-,27-26-,30-29-,33-32-,36-35-,39-37-,45-43-. The molecule has 0 aliphatic rings. The molecule has 0 saturated heterocycles. The van der Waals surface area contributed by atoms with Crippen molar-refractivity contribution in [2.45, 2.75) is 200 Å². The van der Waals surface area contributed by atoms with E-state index in [2.05, 4.69) is 172 Å². The summed E-state index contributed by atoms with van der Waals surface area (Å²) in [6.45, 7) is 3.44. The summed E-state index contributed by atoms with van der Waals surface area (Å²) >= 11 is 0. The fourth-order valence-electron chi connectivity index (χ4n) is 6.85. The van der Waals surface area contributed by atoms with Gasteiger partial charge in [0.15, 0.2) is 6.10 Å². The van der Waals surface area contributed by atoms with E-state index in [1.165, 1.54) is 25.7 Å². The summed E-state index contributed by atoms with van der Waals surface area (Å²) in [7, 11) is -4.41. The van der Waals surface area contributed by atoms with Gasteiger partial charge in [0.25, 0.3) is 0 Å². The number of ether oxygens (including phenoxy) is 2. The summed E-state index contributed by atoms with van der Waals surface area (Å²) < 4.78 is 32.9. The third kappa shape index (κ3) is 56.8. The Morgan fingerprint density at radius 3 is 1.07 bits per heavy atom. The molecule has 0 aliphatic carbocycles. The second kappa shape index (κ2) is 56.9. The van der Waals surface area contributed by atoms with Crippen LogP contribution in [0.2, 0.25) is 0 Å². The maximum atomic E-state index is 12.7. The number of unbranched alkanes of at least 4 members (excludes halogenated alkanes) is 11. The summed E-state index contributed by atoms with van der Waals surface area (Å²) in [5.41, 5.74) is 5.37. The van der Waals surface area contributed by atoms with E-state index in [4.69, 9.17) is 24.3 Å². The van der Waals surface area contributed by atoms with E-state index in [0.29, 0.717) is 12.8 Å². The van der Waals surface area contributed by atoms with Gasteiger partial charge in [-0.05, 0) is 122 Å². The molecule has 0 aromatic carbocycles. The lowest BCUT2D eigenvalue weighted by Gasteiger charge is -2.19. The van der Waals surface area contributed by atoms with E-state index < -0.39 is 32.5 Å². The maximum absolute atomic E-state index is 12.7. The third-order valence-electron chi connectivity index (χ3n) is 10.9. The van der Waals surface area contributed by atoms with E-state index in [-0.39, 0.29) is 32.6 Å². The first kappa shape index (κ1) is 68.6. The predicted molar refractivity (Wildman–Crippen MR) is 311 cm³/mol. The Bertz CT molecular complexity index is 1740. The van der Waals surface area contributed by atoms with Crippen LogP contribution in [0, 0.1) is 0 Å². The molecule has 0 saturated carbocycles. The molecule has 0 heterocycles. The number of rotatable bonds is 50. The number of phosphoric ester groups is 1. The largest absolute Gasteiger partial charge is 0.472 e. The topological polar surface area (TPSA) is 134 Å². The first-order valence-corrected chi connectivity index (χ1v) is 29.5. The molecule has 2 unspecified atom stereocenters. The highest BCUT2D eigenvalue weighted by molar-refractivity contribution is 7.47. The van der Waals surface area contributed by atoms with Gasteiger partial charge in [0.1, 0.15) is 6.61 Å². The molecule has 0 aromatic heterocycles. The zero-order valence-corrected chi connectivity index (χ0v) is 46.4. The van der Waals surface area contributed by atoms with Gasteiger partial charge in [-0.25, -0.2) is 4.57 Å². The molecule has 10 heteroatoms. The van der Waals surface area contributed by atoms with Crippen LogP contribution in [0.4, 0.5) is 0 Å². The van der Waals surface area contributed by atoms with Crippen LogP contribution in [0.1, 0.15) is 194 Å². The number of phosphoric acid groups is 1. The minimum Gasteiger partial charge on any atom is -0.462 e. The quantitative estimate of drug-likeness (QED) is 0.0264. The molecule has 0 rings (SSSR count). The van der Waals surface area contributed by atoms with Gasteiger partial charge < -0.3 is 20.1 Å². The zero-order valence-electron chi connectivity index (χ0n) is 45.5. The third-order valence-corrected chi connectivity index (χ3v) is 11.9. The number of allylic oxidation sites excluding steroid dienone is 26. The van der Waals surface area contributed by atoms with Crippen LogP contribution in [-0.4, -0.2) is 49.3 Å². The van der Waals surface area contributed by atoms with Crippen molar-refractivity contribution in [3.63, 3.8) is 0 Å². The lowest BCUT2D eigenvalue weighted by molar-refractivity contribution is -0.161. The van der Waals surface area contributed by atoms with Crippen molar-refractivity contribution in [2.75, 3.05) is 26.4 Å². The normalized spacial score (nSPS) is 14.3. The van der Waals surface area contributed by atoms with Crippen molar-refractivity contribution in [3.05, 3.63) is 158 Å². The summed E-state index contributed by atoms with van der Waals surface area (Å²) in [6, 6.07) is 0. The van der Waals surface area contributed by atoms with Gasteiger partial charge in [-0.15, -0.1) is 0 Å². The first-order valence-electron chi connectivity index (χ1n) is 28.0. The SMILES string of the molecule is CC/C=C\C/C=C\C/C=C\C/C=C\C/C=C\C/C=C\C/C=C\C/C=C\CCCCCCCCCCC(=O)OC(COC(=O)CCCCC/C=C\C/C=C\C/C=C\C/C=C\C/C=C\CC)COP(=O)(O)OCCN. The smallest absolute Gasteiger partial charge is 0.462 e. The van der Waals surface area contributed by atoms with Gasteiger partial charge in [-0.1, -0.05) is 217 Å². The Labute approximate surface area is 445 Å². The minimum absolute atomic E-state index is 0.0378. The molecule has 0 aliphatic heterocycles. The van der Waals surface area contributed by atoms with Crippen LogP contribution in [0.3, 0.4) is 0 Å². The van der Waals surface area contributed by atoms with Gasteiger partial charge in [0.05, 0.1) is 13.2 Å². The number of carbonyl (C=O) groups is 2. The summed E-state index contributed by atoms with van der Waals surface area (Å²) in [4.78, 5) is 35.1. The van der Waals surface area contributed by atoms with Crippen LogP contribution in [0.25, 0.3) is 0 Å². The molecule has 410 valence electrons. The van der Waals surface area contributed by atoms with Crippen LogP contribution in [-0.2, 0) is 32.7 Å². The predicted octanol–water partition coefficient (Wildman–Crippen LogP) is 17.7. The molecule has 0 aromatic rings. The van der Waals surface area contributed by atoms with Crippen molar-refractivity contribution >= 4 is 19.8 Å². The van der Waals surface area contributed by atoms with Gasteiger partial charge in [-0.2, -0.15) is 0 Å². The van der Waals surface area contributed by atoms with Crippen molar-refractivity contribution in [2.24, 2.45) is 5.73 Å². The van der Waals surface area contributed by atoms with Gasteiger partial charge in [0, 0.05) is 19.4 Å². The Hall–Kier alpha value is -4.37. The highest BCUT2D eigenvalue weighted by Crippen LogP contribution is 2.43. The molecule has 0 fully saturated rings. The summed E-state index contributed by atoms with van der Waals surface area (Å²) in [5, 5.41) is 0. The van der Waals surface area contributed by atoms with Crippen molar-refractivity contribution < 1.29 is 37.6 Å². The maximum Gasteiger partial charge on any atom is 0.472 e. The van der Waals surface area contributed by atoms with Crippen LogP contribution in [0.15, 0.2) is 158 Å². The molecule has 0 radical (unpaired) electrons. The Morgan fingerprint density at radius 2 is 0.712 bits per heavy atom. The Balaban J connectivity index is 4.11. The van der Waals surface area contributed by atoms with E-state index in [9.17, 15) is 19.0 Å². The van der Waals surface area contributed by atoms with E-state index in [1.54, 1.807) is 0 Å². The molecule has 0 amide bonds. The molecule has 0 bridgehead atoms. The number of esters is 2. The molecule has 9 nitrogen and oxygen atoms in total. The number of carbonyl (C=O) groups excluding carboxylic acids is 2. The second-order valence-corrected chi connectivity index (χ2v) is 19.1. The van der Waals surface area contributed by atoms with E-state index in [0.717, 1.165) is 128 Å². The van der Waals surface area contributed by atoms with Gasteiger partial charge in [-0.3, -0.25) is 18.6 Å². The van der Waals surface area contributed by atoms with Crippen LogP contribution < -0.4 is 5.73 Å². The average molecular weight is 1030 g/mol. The lowest BCUT2D eigenvalue weighted by Crippen LogP contribution is -2.29. The van der Waals surface area contributed by atoms with Gasteiger partial charge >= 0.3 is 19.8 Å². The van der Waals surface area contributed by atoms with Crippen molar-refractivity contribution in [1.82, 2.24) is 0 Å². The van der Waals surface area contributed by atoms with Crippen LogP contribution >= 0.6 is 7.82 Å². The minimum atomic E-state index is -4.41. The lowest BCUT2D eigenvalue weighted by atomic mass is 10.1. The van der Waals surface area contributed by atoms with Crippen molar-refractivity contribution in [3.8, 4) is 0 Å². The molecule has 0 spiro atoms. The molecule has 73 heavy (non-hydrogen) atoms. The monoisotopic (exact) mass is 1030 g/mol. The fourth-order valence-corrected chi connectivity index (χ4v) is 7.62. The highest BCUT2D eigenvalue weighted by Gasteiger charge is 2.26. The Kier molecular flexibility index (Phi) is 53.5. The molecule has 3 N–H and O–H groups in total. The highest BCUT2D eigenvalue weighted by atomic mass is 31.2. The number of hydrogen-bond donors (Lipinski definition) is 2. The van der Waals surface area contributed by atoms with Crippen LogP contribution in [0.5, 0.6) is 0 Å². The summed E-state index contributed by atoms with van der Waals surface area (Å²) in [5.74, 6) is -0.890. The zero-order chi connectivity index (χ0) is 53.1.